The number of carbonyl (C=O) groups excluding carboxylic acids is 2. The van der Waals surface area contributed by atoms with Crippen molar-refractivity contribution >= 4 is 11.6 Å². The number of allylic oxidation sites excluding steroid dienone is 4. The molecule has 1 N–H and O–H groups in total. The Balaban J connectivity index is 1.88. The van der Waals surface area contributed by atoms with Crippen LogP contribution >= 0.6 is 0 Å². The second-order valence-electron chi connectivity index (χ2n) is 11.2. The van der Waals surface area contributed by atoms with Crippen LogP contribution in [-0.2, 0) is 9.59 Å². The lowest BCUT2D eigenvalue weighted by molar-refractivity contribution is -0.193. The third-order valence-electron chi connectivity index (χ3n) is 10.6. The lowest BCUT2D eigenvalue weighted by atomic mass is 9.38. The highest BCUT2D eigenvalue weighted by Gasteiger charge is 2.72. The van der Waals surface area contributed by atoms with Crippen LogP contribution in [0.2, 0.25) is 0 Å². The summed E-state index contributed by atoms with van der Waals surface area (Å²) in [5, 5.41) is 11.7. The number of ketones is 2. The molecule has 3 heteroatoms. The smallest absolute Gasteiger partial charge is 0.178 e. The fourth-order valence-corrected chi connectivity index (χ4v) is 8.31. The van der Waals surface area contributed by atoms with Gasteiger partial charge < -0.3 is 5.11 Å². The molecule has 0 aromatic rings. The molecule has 28 heavy (non-hydrogen) atoms. The molecule has 0 saturated heterocycles. The van der Waals surface area contributed by atoms with E-state index < -0.39 is 11.5 Å². The first-order valence-electron chi connectivity index (χ1n) is 11.0. The van der Waals surface area contributed by atoms with Crippen molar-refractivity contribution in [3.05, 3.63) is 23.8 Å². The van der Waals surface area contributed by atoms with Gasteiger partial charge in [0, 0.05) is 16.2 Å². The Bertz CT molecular complexity index is 809. The van der Waals surface area contributed by atoms with Gasteiger partial charge in [-0.1, -0.05) is 53.2 Å². The van der Waals surface area contributed by atoms with Crippen LogP contribution in [0.25, 0.3) is 0 Å². The van der Waals surface area contributed by atoms with E-state index in [0.29, 0.717) is 30.1 Å². The number of aliphatic hydroxyl groups excluding tert-OH is 1. The lowest BCUT2D eigenvalue weighted by Gasteiger charge is -2.67. The maximum absolute atomic E-state index is 12.8. The molecule has 3 fully saturated rings. The minimum absolute atomic E-state index is 0.0650. The van der Waals surface area contributed by atoms with Crippen molar-refractivity contribution in [1.82, 2.24) is 0 Å². The second-order valence-corrected chi connectivity index (χ2v) is 11.2. The monoisotopic (exact) mass is 384 g/mol. The van der Waals surface area contributed by atoms with Gasteiger partial charge in [-0.3, -0.25) is 9.59 Å². The molecule has 0 radical (unpaired) electrons. The van der Waals surface area contributed by atoms with Crippen molar-refractivity contribution in [2.24, 2.45) is 45.3 Å². The molecule has 154 valence electrons. The Morgan fingerprint density at radius 2 is 1.75 bits per heavy atom. The Hall–Kier alpha value is -1.22. The van der Waals surface area contributed by atoms with Gasteiger partial charge in [-0.2, -0.15) is 0 Å². The first-order chi connectivity index (χ1) is 12.8. The van der Waals surface area contributed by atoms with Crippen molar-refractivity contribution in [2.45, 2.75) is 73.8 Å². The number of carbonyl (C=O) groups is 2. The van der Waals surface area contributed by atoms with Crippen LogP contribution in [0.1, 0.15) is 67.7 Å². The largest absolute Gasteiger partial charge is 0.392 e. The second kappa shape index (κ2) is 5.68. The van der Waals surface area contributed by atoms with E-state index in [-0.39, 0.29) is 27.8 Å². The van der Waals surface area contributed by atoms with Gasteiger partial charge in [0.15, 0.2) is 5.78 Å². The van der Waals surface area contributed by atoms with Crippen LogP contribution in [0.5, 0.6) is 0 Å². The summed E-state index contributed by atoms with van der Waals surface area (Å²) in [6.45, 7) is 15.1. The topological polar surface area (TPSA) is 54.4 Å². The summed E-state index contributed by atoms with van der Waals surface area (Å²) in [4.78, 5) is 25.0. The first kappa shape index (κ1) is 20.1. The van der Waals surface area contributed by atoms with E-state index in [1.165, 1.54) is 5.57 Å². The highest BCUT2D eigenvalue weighted by atomic mass is 16.3. The van der Waals surface area contributed by atoms with Gasteiger partial charge in [0.25, 0.3) is 0 Å². The van der Waals surface area contributed by atoms with Gasteiger partial charge in [-0.05, 0) is 67.4 Å². The van der Waals surface area contributed by atoms with E-state index in [1.54, 1.807) is 13.0 Å². The molecule has 4 rings (SSSR count). The molecule has 0 heterocycles. The molecule has 3 nitrogen and oxygen atoms in total. The summed E-state index contributed by atoms with van der Waals surface area (Å²) in [5.41, 5.74) is -0.0372. The van der Waals surface area contributed by atoms with E-state index in [4.69, 9.17) is 0 Å². The van der Waals surface area contributed by atoms with Gasteiger partial charge in [0.2, 0.25) is 0 Å². The summed E-state index contributed by atoms with van der Waals surface area (Å²) in [5.74, 6) is 1.70. The summed E-state index contributed by atoms with van der Waals surface area (Å²) in [6, 6.07) is 0. The minimum atomic E-state index is -0.499. The highest BCUT2D eigenvalue weighted by molar-refractivity contribution is 6.01. The predicted molar refractivity (Wildman–Crippen MR) is 111 cm³/mol. The van der Waals surface area contributed by atoms with Crippen molar-refractivity contribution in [3.8, 4) is 0 Å². The molecule has 0 amide bonds. The normalized spacial score (nSPS) is 55.2. The molecule has 0 bridgehead atoms. The number of hydrogen-bond acceptors (Lipinski definition) is 3. The average molecular weight is 385 g/mol. The van der Waals surface area contributed by atoms with Crippen molar-refractivity contribution in [2.75, 3.05) is 0 Å². The number of rotatable bonds is 1. The molecular formula is C25H36O3. The van der Waals surface area contributed by atoms with E-state index in [2.05, 4.69) is 47.6 Å². The van der Waals surface area contributed by atoms with E-state index >= 15 is 0 Å². The van der Waals surface area contributed by atoms with Gasteiger partial charge in [0.05, 0.1) is 6.10 Å². The fourth-order valence-electron chi connectivity index (χ4n) is 8.31. The standard InChI is InChI=1S/C25H36O3/c1-14-10-20-19-11-15(2)24(6,16(3)26)23(19,5)13-21(28)25(20,7)22(4)9-8-17(27)12-18(14)22/h8-9,12,14-15,19-21,28H,10-11,13H2,1-7H3/t14-,15+,19?,20?,21-,22?,23?,24+,25+/m0/s1. The molecular weight excluding hydrogens is 348 g/mol. The number of aliphatic hydroxyl groups is 1. The van der Waals surface area contributed by atoms with E-state index in [9.17, 15) is 14.7 Å². The van der Waals surface area contributed by atoms with Crippen molar-refractivity contribution in [3.63, 3.8) is 0 Å². The molecule has 4 aliphatic carbocycles. The summed E-state index contributed by atoms with van der Waals surface area (Å²) < 4.78 is 0. The number of Topliss-reactive ketones (excluding diaryl/α,β-unsaturated/α-hetero) is 1. The minimum Gasteiger partial charge on any atom is -0.392 e. The third kappa shape index (κ3) is 2.00. The lowest BCUT2D eigenvalue weighted by Crippen LogP contribution is -2.65. The molecule has 0 aromatic heterocycles. The molecule has 0 spiro atoms. The van der Waals surface area contributed by atoms with E-state index in [0.717, 1.165) is 12.8 Å². The van der Waals surface area contributed by atoms with Crippen LogP contribution in [0.4, 0.5) is 0 Å². The maximum Gasteiger partial charge on any atom is 0.178 e. The SMILES string of the molecule is CC(=O)[C@@]1(C)[C@H](C)CC2C3C[C@H](C)C4=CC(=O)C=CC4(C)[C@@]3(C)[C@@H](O)CC21C. The third-order valence-corrected chi connectivity index (χ3v) is 10.6. The Morgan fingerprint density at radius 1 is 1.11 bits per heavy atom. The fraction of sp³-hybridized carbons (Fsp3) is 0.760. The van der Waals surface area contributed by atoms with Gasteiger partial charge in [-0.25, -0.2) is 0 Å². The highest BCUT2D eigenvalue weighted by Crippen LogP contribution is 2.75. The quantitative estimate of drug-likeness (QED) is 0.710. The molecule has 0 aromatic carbocycles. The van der Waals surface area contributed by atoms with Gasteiger partial charge in [-0.15, -0.1) is 0 Å². The number of fused-ring (bicyclic) bond motifs is 5. The van der Waals surface area contributed by atoms with Crippen LogP contribution in [0, 0.1) is 45.3 Å². The van der Waals surface area contributed by atoms with Crippen LogP contribution in [0.3, 0.4) is 0 Å². The molecule has 4 unspecified atom stereocenters. The predicted octanol–water partition coefficient (Wildman–Crippen LogP) is 4.74. The molecule has 0 aliphatic heterocycles. The maximum atomic E-state index is 12.8. The summed E-state index contributed by atoms with van der Waals surface area (Å²) >= 11 is 0. The van der Waals surface area contributed by atoms with Crippen molar-refractivity contribution < 1.29 is 14.7 Å². The summed E-state index contributed by atoms with van der Waals surface area (Å²) in [6.07, 6.45) is 7.78. The van der Waals surface area contributed by atoms with E-state index in [1.807, 2.05) is 6.08 Å². The summed E-state index contributed by atoms with van der Waals surface area (Å²) in [7, 11) is 0. The van der Waals surface area contributed by atoms with Crippen LogP contribution in [0.15, 0.2) is 23.8 Å². The molecule has 9 atom stereocenters. The molecule has 3 saturated carbocycles. The molecule has 4 aliphatic rings. The van der Waals surface area contributed by atoms with Gasteiger partial charge >= 0.3 is 0 Å². The average Bonchev–Trinajstić information content (AvgIpc) is 2.81. The number of hydrogen-bond donors (Lipinski definition) is 1. The van der Waals surface area contributed by atoms with Crippen LogP contribution < -0.4 is 0 Å². The Kier molecular flexibility index (Phi) is 4.07. The first-order valence-corrected chi connectivity index (χ1v) is 11.0. The van der Waals surface area contributed by atoms with Crippen molar-refractivity contribution in [1.29, 1.82) is 0 Å². The zero-order valence-corrected chi connectivity index (χ0v) is 18.5. The zero-order chi connectivity index (χ0) is 20.9. The Morgan fingerprint density at radius 3 is 2.36 bits per heavy atom. The van der Waals surface area contributed by atoms with Crippen LogP contribution in [-0.4, -0.2) is 22.8 Å². The zero-order valence-electron chi connectivity index (χ0n) is 18.5. The van der Waals surface area contributed by atoms with Gasteiger partial charge in [0.1, 0.15) is 5.78 Å². The Labute approximate surface area is 169 Å².